The van der Waals surface area contributed by atoms with E-state index in [4.69, 9.17) is 15.2 Å². The molecule has 0 saturated carbocycles. The topological polar surface area (TPSA) is 115 Å². The van der Waals surface area contributed by atoms with Crippen molar-refractivity contribution in [3.05, 3.63) is 77.0 Å². The number of aryl methyl sites for hydroxylation is 1. The van der Waals surface area contributed by atoms with Crippen LogP contribution in [-0.2, 0) is 11.1 Å². The number of benzene rings is 2. The van der Waals surface area contributed by atoms with Gasteiger partial charge in [0.2, 0.25) is 5.60 Å². The summed E-state index contributed by atoms with van der Waals surface area (Å²) in [6.45, 7) is 6.69. The fourth-order valence-electron chi connectivity index (χ4n) is 4.01. The first-order chi connectivity index (χ1) is 18.5. The third kappa shape index (κ3) is 7.18. The summed E-state index contributed by atoms with van der Waals surface area (Å²) in [5, 5.41) is 20.6. The van der Waals surface area contributed by atoms with Crippen LogP contribution >= 0.6 is 0 Å². The number of alkyl halides is 3. The number of aliphatic hydroxyl groups is 2. The fraction of sp³-hybridized carbons (Fsp3) is 0.400. The number of ether oxygens (including phenoxy) is 2. The van der Waals surface area contributed by atoms with Crippen LogP contribution in [0.3, 0.4) is 0 Å². The number of Topliss-reactive ketones (excluding diaryl/α,β-unsaturated/α-hetero) is 1. The molecule has 1 heterocycles. The lowest BCUT2D eigenvalue weighted by molar-refractivity contribution is -0.270. The Hall–Kier alpha value is -3.47. The van der Waals surface area contributed by atoms with Crippen molar-refractivity contribution >= 4 is 5.78 Å². The number of nitrogens with zero attached hydrogens (tertiary/aromatic N) is 1. The van der Waals surface area contributed by atoms with Crippen LogP contribution in [0.4, 0.5) is 13.2 Å². The molecule has 0 unspecified atom stereocenters. The number of carbonyl (C=O) groups excluding carboxylic acids is 1. The molecule has 0 aliphatic rings. The number of rotatable bonds is 11. The van der Waals surface area contributed by atoms with E-state index in [9.17, 15) is 28.2 Å². The lowest BCUT2D eigenvalue weighted by atomic mass is 9.86. The van der Waals surface area contributed by atoms with Gasteiger partial charge in [-0.1, -0.05) is 29.8 Å². The van der Waals surface area contributed by atoms with E-state index >= 15 is 0 Å². The van der Waals surface area contributed by atoms with Crippen molar-refractivity contribution in [3.8, 4) is 22.8 Å². The van der Waals surface area contributed by atoms with Crippen molar-refractivity contribution in [3.63, 3.8) is 0 Å². The molecule has 40 heavy (non-hydrogen) atoms. The molecule has 0 aliphatic carbocycles. The van der Waals surface area contributed by atoms with Crippen LogP contribution in [0.2, 0.25) is 0 Å². The summed E-state index contributed by atoms with van der Waals surface area (Å²) in [5.41, 5.74) is 3.31. The molecule has 0 bridgehead atoms. The number of pyridine rings is 1. The first kappa shape index (κ1) is 31.1. The van der Waals surface area contributed by atoms with E-state index in [0.717, 1.165) is 11.6 Å². The molecule has 0 spiro atoms. The van der Waals surface area contributed by atoms with Gasteiger partial charge in [-0.05, 0) is 70.0 Å². The molecule has 216 valence electrons. The highest BCUT2D eigenvalue weighted by molar-refractivity contribution is 5.96. The lowest BCUT2D eigenvalue weighted by Crippen LogP contribution is -2.44. The summed E-state index contributed by atoms with van der Waals surface area (Å²) in [5.74, 6) is -0.196. The van der Waals surface area contributed by atoms with Gasteiger partial charge in [0, 0.05) is 23.1 Å². The minimum atomic E-state index is -5.14. The predicted molar refractivity (Wildman–Crippen MR) is 145 cm³/mol. The maximum atomic E-state index is 14.5. The van der Waals surface area contributed by atoms with Crippen molar-refractivity contribution < 1.29 is 37.7 Å². The molecule has 1 aromatic heterocycles. The van der Waals surface area contributed by atoms with E-state index in [1.165, 1.54) is 32.2 Å². The standard InChI is InChI=1S/C30H35F3N2O5/c1-18-6-8-20(9-7-18)23-15-22(28(3,4)34)16-27(35-23)29(38,30(31,32)33)13-12-24(37)21-10-11-25(26(14-21)39-5)40-17-19(2)36/h6-11,14-16,19,36,38H,12-13,17,34H2,1-5H3/t19-,29+/m1/s1. The van der Waals surface area contributed by atoms with Crippen LogP contribution in [0.15, 0.2) is 54.6 Å². The number of ketones is 1. The summed E-state index contributed by atoms with van der Waals surface area (Å²) in [7, 11) is 1.35. The van der Waals surface area contributed by atoms with Gasteiger partial charge >= 0.3 is 6.18 Å². The fourth-order valence-corrected chi connectivity index (χ4v) is 4.01. The van der Waals surface area contributed by atoms with E-state index in [2.05, 4.69) is 4.98 Å². The molecular formula is C30H35F3N2O5. The molecule has 0 amide bonds. The number of hydrogen-bond donors (Lipinski definition) is 3. The summed E-state index contributed by atoms with van der Waals surface area (Å²) < 4.78 is 54.1. The molecule has 7 nitrogen and oxygen atoms in total. The van der Waals surface area contributed by atoms with Gasteiger partial charge in [0.05, 0.1) is 24.6 Å². The Morgan fingerprint density at radius 3 is 2.25 bits per heavy atom. The third-order valence-electron chi connectivity index (χ3n) is 6.49. The van der Waals surface area contributed by atoms with E-state index in [1.54, 1.807) is 44.2 Å². The molecule has 2 atom stereocenters. The largest absolute Gasteiger partial charge is 0.493 e. The molecule has 3 aromatic rings. The van der Waals surface area contributed by atoms with Gasteiger partial charge in [-0.15, -0.1) is 0 Å². The van der Waals surface area contributed by atoms with Gasteiger partial charge in [0.15, 0.2) is 17.3 Å². The van der Waals surface area contributed by atoms with Crippen LogP contribution in [0.1, 0.15) is 60.8 Å². The van der Waals surface area contributed by atoms with Crippen molar-refractivity contribution in [2.45, 2.75) is 64.0 Å². The van der Waals surface area contributed by atoms with E-state index in [1.807, 2.05) is 6.92 Å². The normalized spacial score (nSPS) is 14.4. The van der Waals surface area contributed by atoms with Crippen LogP contribution in [0.5, 0.6) is 11.5 Å². The molecule has 0 saturated heterocycles. The zero-order valence-electron chi connectivity index (χ0n) is 23.2. The van der Waals surface area contributed by atoms with E-state index < -0.39 is 47.7 Å². The van der Waals surface area contributed by atoms with Crippen molar-refractivity contribution in [2.24, 2.45) is 5.73 Å². The highest BCUT2D eigenvalue weighted by Crippen LogP contribution is 2.43. The molecule has 3 rings (SSSR count). The SMILES string of the molecule is COc1cc(C(=O)CC[C@](O)(c2cc(C(C)(C)N)cc(-c3ccc(C)cc3)n2)C(F)(F)F)ccc1OC[C@@H](C)O. The van der Waals surface area contributed by atoms with E-state index in [0.29, 0.717) is 11.1 Å². The Morgan fingerprint density at radius 2 is 1.70 bits per heavy atom. The summed E-state index contributed by atoms with van der Waals surface area (Å²) in [6, 6.07) is 14.0. The molecule has 0 fully saturated rings. The molecule has 0 aliphatic heterocycles. The third-order valence-corrected chi connectivity index (χ3v) is 6.49. The van der Waals surface area contributed by atoms with Crippen molar-refractivity contribution in [1.29, 1.82) is 0 Å². The number of nitrogens with two attached hydrogens (primary N) is 1. The average Bonchev–Trinajstić information content (AvgIpc) is 2.89. The Balaban J connectivity index is 1.98. The van der Waals surface area contributed by atoms with Crippen LogP contribution in [-0.4, -0.2) is 47.0 Å². The number of carbonyl (C=O) groups is 1. The summed E-state index contributed by atoms with van der Waals surface area (Å²) in [6.07, 6.45) is -7.48. The highest BCUT2D eigenvalue weighted by Gasteiger charge is 2.56. The number of halogens is 3. The number of aromatic nitrogens is 1. The molecule has 10 heteroatoms. The monoisotopic (exact) mass is 560 g/mol. The lowest BCUT2D eigenvalue weighted by Gasteiger charge is -2.32. The van der Waals surface area contributed by atoms with Gasteiger partial charge in [0.1, 0.15) is 6.61 Å². The van der Waals surface area contributed by atoms with Crippen LogP contribution in [0, 0.1) is 6.92 Å². The van der Waals surface area contributed by atoms with Crippen molar-refractivity contribution in [1.82, 2.24) is 4.98 Å². The van der Waals surface area contributed by atoms with Gasteiger partial charge in [-0.25, -0.2) is 4.98 Å². The predicted octanol–water partition coefficient (Wildman–Crippen LogP) is 5.43. The Morgan fingerprint density at radius 1 is 1.05 bits per heavy atom. The highest BCUT2D eigenvalue weighted by atomic mass is 19.4. The molecule has 2 aromatic carbocycles. The Labute approximate surface area is 231 Å². The zero-order chi connectivity index (χ0) is 29.9. The van der Waals surface area contributed by atoms with Gasteiger partial charge in [0.25, 0.3) is 0 Å². The number of methoxy groups -OCH3 is 1. The zero-order valence-corrected chi connectivity index (χ0v) is 23.2. The smallest absolute Gasteiger partial charge is 0.422 e. The van der Waals surface area contributed by atoms with Gasteiger partial charge < -0.3 is 25.4 Å². The molecule has 0 radical (unpaired) electrons. The second-order valence-electron chi connectivity index (χ2n) is 10.5. The maximum absolute atomic E-state index is 14.5. The second kappa shape index (κ2) is 12.0. The van der Waals surface area contributed by atoms with E-state index in [-0.39, 0.29) is 29.4 Å². The maximum Gasteiger partial charge on any atom is 0.422 e. The summed E-state index contributed by atoms with van der Waals surface area (Å²) >= 11 is 0. The molecule has 4 N–H and O–H groups in total. The van der Waals surface area contributed by atoms with Crippen molar-refractivity contribution in [2.75, 3.05) is 13.7 Å². The minimum Gasteiger partial charge on any atom is -0.493 e. The Kier molecular flexibility index (Phi) is 9.28. The molecular weight excluding hydrogens is 525 g/mol. The minimum absolute atomic E-state index is 0.0154. The quantitative estimate of drug-likeness (QED) is 0.268. The number of hydrogen-bond acceptors (Lipinski definition) is 7. The second-order valence-corrected chi connectivity index (χ2v) is 10.5. The first-order valence-corrected chi connectivity index (χ1v) is 12.8. The van der Waals surface area contributed by atoms with Gasteiger partial charge in [-0.2, -0.15) is 13.2 Å². The van der Waals surface area contributed by atoms with Crippen LogP contribution < -0.4 is 15.2 Å². The average molecular weight is 561 g/mol. The Bertz CT molecular complexity index is 1330. The van der Waals surface area contributed by atoms with Crippen LogP contribution in [0.25, 0.3) is 11.3 Å². The summed E-state index contributed by atoms with van der Waals surface area (Å²) in [4.78, 5) is 17.2. The number of aliphatic hydroxyl groups excluding tert-OH is 1. The van der Waals surface area contributed by atoms with Gasteiger partial charge in [-0.3, -0.25) is 4.79 Å². The first-order valence-electron chi connectivity index (χ1n) is 12.8.